The Labute approximate surface area is 176 Å². The molecule has 8 heteroatoms. The Bertz CT molecular complexity index is 1050. The lowest BCUT2D eigenvalue weighted by atomic mass is 10.1. The number of nitrogens with one attached hydrogen (secondary N) is 2. The van der Waals surface area contributed by atoms with E-state index in [9.17, 15) is 18.4 Å². The summed E-state index contributed by atoms with van der Waals surface area (Å²) in [6.45, 7) is -3.00. The van der Waals surface area contributed by atoms with Crippen LogP contribution >= 0.6 is 11.6 Å². The second-order valence-corrected chi connectivity index (χ2v) is 6.63. The molecule has 0 bridgehead atoms. The van der Waals surface area contributed by atoms with Gasteiger partial charge in [0.25, 0.3) is 5.91 Å². The van der Waals surface area contributed by atoms with Gasteiger partial charge >= 0.3 is 6.61 Å². The fraction of sp³-hybridized carbons (Fsp3) is 0.0909. The third kappa shape index (κ3) is 5.78. The van der Waals surface area contributed by atoms with E-state index >= 15 is 0 Å². The van der Waals surface area contributed by atoms with Gasteiger partial charge in [-0.2, -0.15) is 8.78 Å². The highest BCUT2D eigenvalue weighted by molar-refractivity contribution is 6.34. The van der Waals surface area contributed by atoms with Gasteiger partial charge in [0, 0.05) is 16.8 Å². The highest BCUT2D eigenvalue weighted by atomic mass is 35.5. The number of anilines is 2. The largest absolute Gasteiger partial charge is 0.435 e. The van der Waals surface area contributed by atoms with E-state index in [-0.39, 0.29) is 28.8 Å². The van der Waals surface area contributed by atoms with Crippen LogP contribution in [0.5, 0.6) is 5.75 Å². The summed E-state index contributed by atoms with van der Waals surface area (Å²) in [5.74, 6) is -0.948. The standard InChI is InChI=1S/C22H17ClF2N2O3/c23-17-11-10-15(21(29)26-16-7-2-1-3-8-16)12-18(17)27-20(28)13-14-6-4-5-9-19(14)30-22(24)25/h1-12,22H,13H2,(H,26,29)(H,27,28). The number of rotatable bonds is 7. The third-order valence-corrected chi connectivity index (χ3v) is 4.40. The van der Waals surface area contributed by atoms with Crippen molar-refractivity contribution in [1.82, 2.24) is 0 Å². The smallest absolute Gasteiger partial charge is 0.387 e. The first kappa shape index (κ1) is 21.3. The van der Waals surface area contributed by atoms with Crippen molar-refractivity contribution in [2.24, 2.45) is 0 Å². The van der Waals surface area contributed by atoms with Gasteiger partial charge in [-0.1, -0.05) is 48.0 Å². The van der Waals surface area contributed by atoms with Gasteiger partial charge in [-0.3, -0.25) is 9.59 Å². The summed E-state index contributed by atoms with van der Waals surface area (Å²) < 4.78 is 29.5. The first-order chi connectivity index (χ1) is 14.4. The molecular weight excluding hydrogens is 414 g/mol. The lowest BCUT2D eigenvalue weighted by Crippen LogP contribution is -2.17. The molecule has 0 radical (unpaired) electrons. The van der Waals surface area contributed by atoms with Gasteiger partial charge in [-0.25, -0.2) is 0 Å². The minimum Gasteiger partial charge on any atom is -0.435 e. The molecular formula is C22H17ClF2N2O3. The number of para-hydroxylation sites is 2. The molecule has 0 aliphatic carbocycles. The fourth-order valence-electron chi connectivity index (χ4n) is 2.72. The summed E-state index contributed by atoms with van der Waals surface area (Å²) >= 11 is 6.14. The third-order valence-electron chi connectivity index (χ3n) is 4.07. The van der Waals surface area contributed by atoms with E-state index < -0.39 is 12.5 Å². The van der Waals surface area contributed by atoms with Crippen molar-refractivity contribution in [3.05, 3.63) is 88.9 Å². The molecule has 3 aromatic rings. The number of ether oxygens (including phenoxy) is 1. The zero-order valence-electron chi connectivity index (χ0n) is 15.6. The van der Waals surface area contributed by atoms with Crippen LogP contribution in [0.15, 0.2) is 72.8 Å². The van der Waals surface area contributed by atoms with Crippen LogP contribution in [0.4, 0.5) is 20.2 Å². The van der Waals surface area contributed by atoms with Crippen LogP contribution in [0.2, 0.25) is 5.02 Å². The second kappa shape index (κ2) is 9.84. The maximum atomic E-state index is 12.5. The topological polar surface area (TPSA) is 67.4 Å². The summed E-state index contributed by atoms with van der Waals surface area (Å²) in [4.78, 5) is 24.9. The Kier molecular flexibility index (Phi) is 6.98. The molecule has 0 spiro atoms. The van der Waals surface area contributed by atoms with Crippen LogP contribution in [-0.2, 0) is 11.2 Å². The summed E-state index contributed by atoms with van der Waals surface area (Å²) in [5, 5.41) is 5.58. The fourth-order valence-corrected chi connectivity index (χ4v) is 2.88. The van der Waals surface area contributed by atoms with Gasteiger partial charge in [0.2, 0.25) is 5.91 Å². The Balaban J connectivity index is 1.71. The van der Waals surface area contributed by atoms with Crippen molar-refractivity contribution >= 4 is 34.8 Å². The van der Waals surface area contributed by atoms with E-state index in [2.05, 4.69) is 15.4 Å². The molecule has 2 amide bonds. The number of halogens is 3. The van der Waals surface area contributed by atoms with E-state index in [0.717, 1.165) is 0 Å². The zero-order valence-corrected chi connectivity index (χ0v) is 16.3. The Morgan fingerprint density at radius 1 is 0.933 bits per heavy atom. The average molecular weight is 431 g/mol. The second-order valence-electron chi connectivity index (χ2n) is 6.23. The van der Waals surface area contributed by atoms with E-state index in [1.165, 1.54) is 36.4 Å². The number of carbonyl (C=O) groups excluding carboxylic acids is 2. The molecule has 0 aliphatic rings. The molecule has 3 rings (SSSR count). The van der Waals surface area contributed by atoms with E-state index in [1.807, 2.05) is 6.07 Å². The van der Waals surface area contributed by atoms with Gasteiger partial charge < -0.3 is 15.4 Å². The molecule has 0 atom stereocenters. The van der Waals surface area contributed by atoms with E-state index in [1.54, 1.807) is 30.3 Å². The normalized spacial score (nSPS) is 10.5. The van der Waals surface area contributed by atoms with Crippen molar-refractivity contribution in [3.63, 3.8) is 0 Å². The molecule has 0 saturated carbocycles. The summed E-state index contributed by atoms with van der Waals surface area (Å²) in [6.07, 6.45) is -0.209. The molecule has 154 valence electrons. The maximum absolute atomic E-state index is 12.5. The van der Waals surface area contributed by atoms with E-state index in [4.69, 9.17) is 11.6 Å². The first-order valence-corrected chi connectivity index (χ1v) is 9.28. The van der Waals surface area contributed by atoms with Crippen molar-refractivity contribution < 1.29 is 23.1 Å². The number of amides is 2. The van der Waals surface area contributed by atoms with Gasteiger partial charge in [-0.15, -0.1) is 0 Å². The monoisotopic (exact) mass is 430 g/mol. The van der Waals surface area contributed by atoms with Crippen molar-refractivity contribution in [3.8, 4) is 5.75 Å². The highest BCUT2D eigenvalue weighted by Gasteiger charge is 2.15. The van der Waals surface area contributed by atoms with Crippen LogP contribution < -0.4 is 15.4 Å². The van der Waals surface area contributed by atoms with Gasteiger partial charge in [-0.05, 0) is 36.4 Å². The number of carbonyl (C=O) groups is 2. The van der Waals surface area contributed by atoms with E-state index in [0.29, 0.717) is 16.8 Å². The Hall–Kier alpha value is -3.45. The lowest BCUT2D eigenvalue weighted by Gasteiger charge is -2.12. The SMILES string of the molecule is O=C(Cc1ccccc1OC(F)F)Nc1cc(C(=O)Nc2ccccc2)ccc1Cl. The van der Waals surface area contributed by atoms with Crippen LogP contribution in [0, 0.1) is 0 Å². The quantitative estimate of drug-likeness (QED) is 0.529. The number of alkyl halides is 2. The first-order valence-electron chi connectivity index (χ1n) is 8.91. The minimum atomic E-state index is -3.00. The number of benzene rings is 3. The Morgan fingerprint density at radius 3 is 2.37 bits per heavy atom. The average Bonchev–Trinajstić information content (AvgIpc) is 2.71. The van der Waals surface area contributed by atoms with Crippen molar-refractivity contribution in [1.29, 1.82) is 0 Å². The van der Waals surface area contributed by atoms with Crippen LogP contribution in [0.3, 0.4) is 0 Å². The summed E-state index contributed by atoms with van der Waals surface area (Å²) in [6, 6.07) is 19.4. The predicted molar refractivity (Wildman–Crippen MR) is 111 cm³/mol. The van der Waals surface area contributed by atoms with Gasteiger partial charge in [0.1, 0.15) is 5.75 Å². The van der Waals surface area contributed by atoms with Crippen molar-refractivity contribution in [2.75, 3.05) is 10.6 Å². The molecule has 30 heavy (non-hydrogen) atoms. The van der Waals surface area contributed by atoms with Crippen molar-refractivity contribution in [2.45, 2.75) is 13.0 Å². The predicted octanol–water partition coefficient (Wildman–Crippen LogP) is 5.37. The Morgan fingerprint density at radius 2 is 1.63 bits per heavy atom. The highest BCUT2D eigenvalue weighted by Crippen LogP contribution is 2.25. The molecule has 3 aromatic carbocycles. The molecule has 0 aromatic heterocycles. The van der Waals surface area contributed by atoms with Crippen LogP contribution in [0.1, 0.15) is 15.9 Å². The molecule has 0 aliphatic heterocycles. The van der Waals surface area contributed by atoms with Crippen LogP contribution in [0.25, 0.3) is 0 Å². The molecule has 0 fully saturated rings. The van der Waals surface area contributed by atoms with Crippen LogP contribution in [-0.4, -0.2) is 18.4 Å². The van der Waals surface area contributed by atoms with Gasteiger partial charge in [0.05, 0.1) is 17.1 Å². The maximum Gasteiger partial charge on any atom is 0.387 e. The molecule has 0 saturated heterocycles. The molecule has 2 N–H and O–H groups in total. The lowest BCUT2D eigenvalue weighted by molar-refractivity contribution is -0.115. The number of hydrogen-bond donors (Lipinski definition) is 2. The summed E-state index contributed by atoms with van der Waals surface area (Å²) in [5.41, 5.74) is 1.44. The zero-order chi connectivity index (χ0) is 21.5. The van der Waals surface area contributed by atoms with Gasteiger partial charge in [0.15, 0.2) is 0 Å². The summed E-state index contributed by atoms with van der Waals surface area (Å²) in [7, 11) is 0. The number of hydrogen-bond acceptors (Lipinski definition) is 3. The molecule has 5 nitrogen and oxygen atoms in total. The molecule has 0 unspecified atom stereocenters. The minimum absolute atomic E-state index is 0.0789. The molecule has 0 heterocycles.